The molecule has 1 saturated carbocycles. The van der Waals surface area contributed by atoms with Crippen LogP contribution in [0.4, 0.5) is 5.69 Å². The first-order valence-corrected chi connectivity index (χ1v) is 13.7. The van der Waals surface area contributed by atoms with E-state index >= 15 is 4.79 Å². The number of allylic oxidation sites excluding steroid dienone is 1. The van der Waals surface area contributed by atoms with Gasteiger partial charge in [-0.15, -0.1) is 0 Å². The van der Waals surface area contributed by atoms with Crippen molar-refractivity contribution in [2.45, 2.75) is 95.9 Å². The third-order valence-corrected chi connectivity index (χ3v) is 9.24. The summed E-state index contributed by atoms with van der Waals surface area (Å²) >= 11 is 0. The first-order valence-electron chi connectivity index (χ1n) is 13.7. The number of amides is 1. The maximum absolute atomic E-state index is 15.1. The van der Waals surface area contributed by atoms with Gasteiger partial charge in [0, 0.05) is 23.9 Å². The lowest BCUT2D eigenvalue weighted by Gasteiger charge is -2.51. The predicted molar refractivity (Wildman–Crippen MR) is 138 cm³/mol. The Morgan fingerprint density at radius 3 is 2.59 bits per heavy atom. The maximum atomic E-state index is 15.1. The third-order valence-electron chi connectivity index (χ3n) is 9.24. The lowest BCUT2D eigenvalue weighted by atomic mass is 9.61. The monoisotopic (exact) mass is 504 g/mol. The molecule has 3 aliphatic heterocycles. The number of para-hydroxylation sites is 1. The minimum atomic E-state index is -1.66. The number of carbonyl (C=O) groups excluding carboxylic acids is 3. The zero-order valence-electron chi connectivity index (χ0n) is 22.2. The summed E-state index contributed by atoms with van der Waals surface area (Å²) in [5.41, 5.74) is 6.99. The molecule has 2 atom stereocenters. The zero-order chi connectivity index (χ0) is 26.3. The zero-order valence-corrected chi connectivity index (χ0v) is 22.2. The van der Waals surface area contributed by atoms with Crippen LogP contribution < -0.4 is 10.6 Å². The third kappa shape index (κ3) is 3.09. The summed E-state index contributed by atoms with van der Waals surface area (Å²) in [5.74, 6) is -0.618. The van der Waals surface area contributed by atoms with E-state index in [1.54, 1.807) is 6.92 Å². The van der Waals surface area contributed by atoms with Crippen molar-refractivity contribution in [1.82, 2.24) is 0 Å². The molecule has 1 aromatic rings. The molecule has 2 spiro atoms. The van der Waals surface area contributed by atoms with E-state index < -0.39 is 11.4 Å². The summed E-state index contributed by atoms with van der Waals surface area (Å²) in [4.78, 5) is 44.7. The number of esters is 1. The van der Waals surface area contributed by atoms with Crippen LogP contribution in [0.3, 0.4) is 0 Å². The normalized spacial score (nSPS) is 29.4. The standard InChI is InChI=1S/C30H36N2O5/c1-5-36-26(34)23-25(31)37-21-16-28(3,4)15-20(33)22(21)30(23)19-11-9-10-18-17(2)14-29(12-7-6-8-13-29)32(24(18)19)27(30)35/h9-11,17H,5-8,12-16,31H2,1-4H3. The second kappa shape index (κ2) is 7.95. The van der Waals surface area contributed by atoms with Crippen LogP contribution in [0.25, 0.3) is 0 Å². The molecule has 0 bridgehead atoms. The molecule has 0 aromatic heterocycles. The minimum Gasteiger partial charge on any atom is -0.462 e. The van der Waals surface area contributed by atoms with Gasteiger partial charge in [-0.2, -0.15) is 0 Å². The van der Waals surface area contributed by atoms with Gasteiger partial charge in [-0.25, -0.2) is 4.79 Å². The van der Waals surface area contributed by atoms with E-state index in [-0.39, 0.29) is 58.6 Å². The number of ketones is 1. The molecule has 1 fully saturated rings. The van der Waals surface area contributed by atoms with E-state index in [0.29, 0.717) is 17.7 Å². The van der Waals surface area contributed by atoms with Crippen molar-refractivity contribution >= 4 is 23.3 Å². The fourth-order valence-corrected chi connectivity index (χ4v) is 7.96. The lowest BCUT2D eigenvalue weighted by Crippen LogP contribution is -2.59. The molecule has 2 unspecified atom stereocenters. The number of carbonyl (C=O) groups is 3. The molecular formula is C30H36N2O5. The van der Waals surface area contributed by atoms with Crippen LogP contribution >= 0.6 is 0 Å². The summed E-state index contributed by atoms with van der Waals surface area (Å²) in [7, 11) is 0. The molecule has 2 N–H and O–H groups in total. The van der Waals surface area contributed by atoms with Crippen LogP contribution in [-0.4, -0.2) is 29.8 Å². The highest BCUT2D eigenvalue weighted by atomic mass is 16.5. The fourth-order valence-electron chi connectivity index (χ4n) is 7.96. The van der Waals surface area contributed by atoms with E-state index in [1.165, 1.54) is 0 Å². The van der Waals surface area contributed by atoms with Gasteiger partial charge in [0.1, 0.15) is 16.7 Å². The van der Waals surface area contributed by atoms with Crippen LogP contribution in [-0.2, 0) is 29.3 Å². The summed E-state index contributed by atoms with van der Waals surface area (Å²) in [6.45, 7) is 8.06. The molecule has 37 heavy (non-hydrogen) atoms. The highest BCUT2D eigenvalue weighted by molar-refractivity contribution is 6.24. The van der Waals surface area contributed by atoms with Gasteiger partial charge in [0.2, 0.25) is 11.8 Å². The molecule has 0 radical (unpaired) electrons. The van der Waals surface area contributed by atoms with Gasteiger partial charge in [-0.1, -0.05) is 58.2 Å². The predicted octanol–water partition coefficient (Wildman–Crippen LogP) is 4.89. The molecule has 2 aliphatic carbocycles. The number of benzene rings is 1. The van der Waals surface area contributed by atoms with Crippen LogP contribution in [0.2, 0.25) is 0 Å². The molecule has 3 heterocycles. The van der Waals surface area contributed by atoms with E-state index in [4.69, 9.17) is 15.2 Å². The van der Waals surface area contributed by atoms with Crippen LogP contribution in [0.5, 0.6) is 0 Å². The number of fused-ring (bicyclic) bond motifs is 3. The number of hydrogen-bond donors (Lipinski definition) is 1. The van der Waals surface area contributed by atoms with Crippen molar-refractivity contribution < 1.29 is 23.9 Å². The van der Waals surface area contributed by atoms with E-state index in [0.717, 1.165) is 49.8 Å². The van der Waals surface area contributed by atoms with Gasteiger partial charge in [-0.3, -0.25) is 9.59 Å². The largest absolute Gasteiger partial charge is 0.462 e. The summed E-state index contributed by atoms with van der Waals surface area (Å²) in [6, 6.07) is 5.92. The number of nitrogens with zero attached hydrogens (tertiary/aromatic N) is 1. The number of hydrogen-bond acceptors (Lipinski definition) is 6. The van der Waals surface area contributed by atoms with Crippen molar-refractivity contribution in [3.63, 3.8) is 0 Å². The Hall–Kier alpha value is -3.09. The average molecular weight is 505 g/mol. The van der Waals surface area contributed by atoms with Crippen molar-refractivity contribution in [2.24, 2.45) is 11.1 Å². The Bertz CT molecular complexity index is 1300. The fraction of sp³-hybridized carbons (Fsp3) is 0.567. The summed E-state index contributed by atoms with van der Waals surface area (Å²) in [6.07, 6.45) is 6.64. The highest BCUT2D eigenvalue weighted by Gasteiger charge is 2.68. The number of nitrogens with two attached hydrogens (primary N) is 1. The lowest BCUT2D eigenvalue weighted by molar-refractivity contribution is -0.141. The Labute approximate surface area is 218 Å². The second-order valence-corrected chi connectivity index (χ2v) is 12.3. The van der Waals surface area contributed by atoms with Crippen molar-refractivity contribution in [3.8, 4) is 0 Å². The van der Waals surface area contributed by atoms with Gasteiger partial charge in [0.15, 0.2) is 5.78 Å². The molecule has 1 amide bonds. The molecule has 196 valence electrons. The molecule has 5 aliphatic rings. The van der Waals surface area contributed by atoms with Crippen molar-refractivity contribution in [1.29, 1.82) is 0 Å². The Morgan fingerprint density at radius 2 is 1.89 bits per heavy atom. The smallest absolute Gasteiger partial charge is 0.341 e. The molecular weight excluding hydrogens is 468 g/mol. The van der Waals surface area contributed by atoms with Gasteiger partial charge in [-0.05, 0) is 43.1 Å². The van der Waals surface area contributed by atoms with Crippen LogP contribution in [0, 0.1) is 5.41 Å². The van der Waals surface area contributed by atoms with E-state index in [2.05, 4.69) is 13.0 Å². The number of ether oxygens (including phenoxy) is 2. The minimum absolute atomic E-state index is 0.0485. The molecule has 6 rings (SSSR count). The molecule has 1 aromatic carbocycles. The molecule has 7 heteroatoms. The van der Waals surface area contributed by atoms with E-state index in [9.17, 15) is 9.59 Å². The summed E-state index contributed by atoms with van der Waals surface area (Å²) < 4.78 is 11.5. The topological polar surface area (TPSA) is 98.9 Å². The highest BCUT2D eigenvalue weighted by Crippen LogP contribution is 2.63. The maximum Gasteiger partial charge on any atom is 0.341 e. The van der Waals surface area contributed by atoms with Gasteiger partial charge < -0.3 is 20.1 Å². The Balaban J connectivity index is 1.70. The van der Waals surface area contributed by atoms with Crippen LogP contribution in [0.15, 0.2) is 41.0 Å². The SMILES string of the molecule is CCOC(=O)C1=C(N)OC2=C(C(=O)CC(C)(C)C2)C12C(=O)N1c3c(cccc32)C(C)CC12CCCCC2. The second-order valence-electron chi connectivity index (χ2n) is 12.3. The molecule has 7 nitrogen and oxygen atoms in total. The van der Waals surface area contributed by atoms with Gasteiger partial charge >= 0.3 is 5.97 Å². The number of anilines is 1. The first kappa shape index (κ1) is 24.3. The number of rotatable bonds is 2. The first-order chi connectivity index (χ1) is 17.6. The Kier molecular flexibility index (Phi) is 5.21. The van der Waals surface area contributed by atoms with Gasteiger partial charge in [0.05, 0.1) is 17.9 Å². The van der Waals surface area contributed by atoms with Crippen molar-refractivity contribution in [3.05, 3.63) is 52.1 Å². The average Bonchev–Trinajstić information content (AvgIpc) is 3.07. The van der Waals surface area contributed by atoms with Gasteiger partial charge in [0.25, 0.3) is 0 Å². The van der Waals surface area contributed by atoms with E-state index in [1.807, 2.05) is 30.9 Å². The van der Waals surface area contributed by atoms with Crippen LogP contribution in [0.1, 0.15) is 96.1 Å². The van der Waals surface area contributed by atoms with Crippen molar-refractivity contribution in [2.75, 3.05) is 11.5 Å². The Morgan fingerprint density at radius 1 is 1.16 bits per heavy atom. The number of Topliss-reactive ketones (excluding diaryl/α,β-unsaturated/α-hetero) is 1. The molecule has 0 saturated heterocycles. The quantitative estimate of drug-likeness (QED) is 0.576. The summed E-state index contributed by atoms with van der Waals surface area (Å²) in [5, 5.41) is 0.